The van der Waals surface area contributed by atoms with Crippen molar-refractivity contribution in [1.82, 2.24) is 10.6 Å². The van der Waals surface area contributed by atoms with E-state index in [1.165, 1.54) is 5.69 Å². The van der Waals surface area contributed by atoms with Gasteiger partial charge in [0.25, 0.3) is 0 Å². The molecule has 1 aliphatic rings. The average molecular weight is 448 g/mol. The van der Waals surface area contributed by atoms with Crippen molar-refractivity contribution in [2.45, 2.75) is 25.8 Å². The molecule has 0 spiro atoms. The maximum Gasteiger partial charge on any atom is 0.191 e. The normalized spacial score (nSPS) is 17.9. The maximum absolute atomic E-state index is 8.95. The van der Waals surface area contributed by atoms with E-state index in [1.54, 1.807) is 7.11 Å². The Balaban J connectivity index is 0.00000288. The molecule has 136 valence electrons. The molecule has 0 aliphatic carbocycles. The predicted molar refractivity (Wildman–Crippen MR) is 110 cm³/mol. The van der Waals surface area contributed by atoms with Crippen molar-refractivity contribution in [2.24, 2.45) is 4.99 Å². The number of benzene rings is 1. The van der Waals surface area contributed by atoms with Crippen LogP contribution in [0.25, 0.3) is 0 Å². The molecule has 1 heterocycles. The number of piperidine rings is 1. The highest BCUT2D eigenvalue weighted by Crippen LogP contribution is 2.24. The maximum atomic E-state index is 8.95. The van der Waals surface area contributed by atoms with Gasteiger partial charge >= 0.3 is 0 Å². The molecule has 24 heavy (non-hydrogen) atoms. The predicted octanol–water partition coefficient (Wildman–Crippen LogP) is 1.83. The number of nitrogens with zero attached hydrogens (tertiary/aromatic N) is 2. The van der Waals surface area contributed by atoms with Crippen LogP contribution in [0.2, 0.25) is 0 Å². The fourth-order valence-corrected chi connectivity index (χ4v) is 2.81. The van der Waals surface area contributed by atoms with Gasteiger partial charge in [-0.15, -0.1) is 24.0 Å². The van der Waals surface area contributed by atoms with Crippen LogP contribution >= 0.6 is 24.0 Å². The third-order valence-corrected chi connectivity index (χ3v) is 3.89. The van der Waals surface area contributed by atoms with Gasteiger partial charge in [0.2, 0.25) is 0 Å². The highest BCUT2D eigenvalue weighted by atomic mass is 127. The topological polar surface area (TPSA) is 69.1 Å². The molecule has 2 rings (SSSR count). The van der Waals surface area contributed by atoms with Crippen LogP contribution in [0.1, 0.15) is 19.8 Å². The molecule has 1 fully saturated rings. The number of rotatable bonds is 6. The molecular formula is C17H29IN4O2. The second-order valence-electron chi connectivity index (χ2n) is 5.62. The highest BCUT2D eigenvalue weighted by molar-refractivity contribution is 14.0. The van der Waals surface area contributed by atoms with Gasteiger partial charge in [0, 0.05) is 37.4 Å². The second kappa shape index (κ2) is 11.4. The summed E-state index contributed by atoms with van der Waals surface area (Å²) in [5, 5.41) is 15.6. The van der Waals surface area contributed by atoms with Gasteiger partial charge in [-0.2, -0.15) is 0 Å². The SMILES string of the molecule is CCNC(=NCCO)NC1CCCN(c2cccc(OC)c2)C1.I. The van der Waals surface area contributed by atoms with Gasteiger partial charge in [0.05, 0.1) is 20.3 Å². The number of aliphatic imine (C=N–C) groups is 1. The number of aliphatic hydroxyl groups is 1. The third kappa shape index (κ3) is 6.35. The summed E-state index contributed by atoms with van der Waals surface area (Å²) in [7, 11) is 1.69. The molecule has 0 radical (unpaired) electrons. The number of methoxy groups -OCH3 is 1. The quantitative estimate of drug-likeness (QED) is 0.352. The van der Waals surface area contributed by atoms with E-state index in [4.69, 9.17) is 9.84 Å². The van der Waals surface area contributed by atoms with Crippen molar-refractivity contribution in [3.05, 3.63) is 24.3 Å². The van der Waals surface area contributed by atoms with Crippen molar-refractivity contribution in [1.29, 1.82) is 0 Å². The first-order valence-electron chi connectivity index (χ1n) is 8.31. The number of guanidine groups is 1. The summed E-state index contributed by atoms with van der Waals surface area (Å²) in [6, 6.07) is 8.53. The van der Waals surface area contributed by atoms with Crippen LogP contribution in [0.3, 0.4) is 0 Å². The number of hydrogen-bond donors (Lipinski definition) is 3. The van der Waals surface area contributed by atoms with Gasteiger partial charge in [-0.1, -0.05) is 6.07 Å². The number of nitrogens with one attached hydrogen (secondary N) is 2. The van der Waals surface area contributed by atoms with Gasteiger partial charge in [-0.05, 0) is 31.9 Å². The van der Waals surface area contributed by atoms with Crippen LogP contribution in [0.15, 0.2) is 29.3 Å². The van der Waals surface area contributed by atoms with Crippen LogP contribution in [0.5, 0.6) is 5.75 Å². The van der Waals surface area contributed by atoms with Gasteiger partial charge in [-0.25, -0.2) is 0 Å². The van der Waals surface area contributed by atoms with Crippen LogP contribution < -0.4 is 20.3 Å². The number of anilines is 1. The van der Waals surface area contributed by atoms with E-state index in [9.17, 15) is 0 Å². The summed E-state index contributed by atoms with van der Waals surface area (Å²) in [6.07, 6.45) is 2.25. The Bertz CT molecular complexity index is 513. The number of aliphatic hydroxyl groups excluding tert-OH is 1. The molecule has 0 bridgehead atoms. The molecule has 1 unspecified atom stereocenters. The van der Waals surface area contributed by atoms with Gasteiger partial charge in [-0.3, -0.25) is 4.99 Å². The lowest BCUT2D eigenvalue weighted by Gasteiger charge is -2.35. The zero-order valence-corrected chi connectivity index (χ0v) is 16.8. The molecule has 6 nitrogen and oxygen atoms in total. The first kappa shape index (κ1) is 20.8. The lowest BCUT2D eigenvalue weighted by atomic mass is 10.0. The van der Waals surface area contributed by atoms with E-state index in [1.807, 2.05) is 19.1 Å². The molecule has 3 N–H and O–H groups in total. The van der Waals surface area contributed by atoms with Crippen molar-refractivity contribution in [3.63, 3.8) is 0 Å². The molecule has 1 aromatic carbocycles. The van der Waals surface area contributed by atoms with Crippen molar-refractivity contribution >= 4 is 35.6 Å². The fourth-order valence-electron chi connectivity index (χ4n) is 2.81. The molecule has 0 amide bonds. The van der Waals surface area contributed by atoms with E-state index in [2.05, 4.69) is 32.7 Å². The third-order valence-electron chi connectivity index (χ3n) is 3.89. The van der Waals surface area contributed by atoms with Gasteiger partial charge in [0.15, 0.2) is 5.96 Å². The molecule has 0 saturated carbocycles. The Morgan fingerprint density at radius 1 is 1.46 bits per heavy atom. The Hall–Kier alpha value is -1.22. The lowest BCUT2D eigenvalue weighted by molar-refractivity contribution is 0.306. The minimum absolute atomic E-state index is 0. The van der Waals surface area contributed by atoms with Crippen molar-refractivity contribution in [3.8, 4) is 5.75 Å². The standard InChI is InChI=1S/C17H28N4O2.HI/c1-3-18-17(19-9-11-22)20-14-6-5-10-21(13-14)15-7-4-8-16(12-15)23-2;/h4,7-8,12,14,22H,3,5-6,9-11,13H2,1-2H3,(H2,18,19,20);1H. The van der Waals surface area contributed by atoms with Crippen LogP contribution in [0.4, 0.5) is 5.69 Å². The summed E-state index contributed by atoms with van der Waals surface area (Å²) in [4.78, 5) is 6.73. The van der Waals surface area contributed by atoms with Crippen molar-refractivity contribution < 1.29 is 9.84 Å². The van der Waals surface area contributed by atoms with Gasteiger partial charge < -0.3 is 25.4 Å². The highest BCUT2D eigenvalue weighted by Gasteiger charge is 2.21. The summed E-state index contributed by atoms with van der Waals surface area (Å²) in [6.45, 7) is 5.31. The number of ether oxygens (including phenoxy) is 1. The minimum Gasteiger partial charge on any atom is -0.497 e. The average Bonchev–Trinajstić information content (AvgIpc) is 2.60. The molecular weight excluding hydrogens is 419 g/mol. The first-order chi connectivity index (χ1) is 11.3. The second-order valence-corrected chi connectivity index (χ2v) is 5.62. The zero-order chi connectivity index (χ0) is 16.5. The molecule has 1 aliphatic heterocycles. The Labute approximate surface area is 161 Å². The monoisotopic (exact) mass is 448 g/mol. The van der Waals surface area contributed by atoms with Gasteiger partial charge in [0.1, 0.15) is 5.75 Å². The molecule has 0 aromatic heterocycles. The summed E-state index contributed by atoms with van der Waals surface area (Å²) in [5.41, 5.74) is 1.19. The molecule has 1 atom stereocenters. The van der Waals surface area contributed by atoms with E-state index < -0.39 is 0 Å². The molecule has 1 saturated heterocycles. The van der Waals surface area contributed by atoms with Crippen LogP contribution in [-0.4, -0.2) is 57.0 Å². The number of halogens is 1. The number of hydrogen-bond acceptors (Lipinski definition) is 4. The smallest absolute Gasteiger partial charge is 0.191 e. The van der Waals surface area contributed by atoms with E-state index >= 15 is 0 Å². The van der Waals surface area contributed by atoms with E-state index in [0.717, 1.165) is 44.2 Å². The summed E-state index contributed by atoms with van der Waals surface area (Å²) < 4.78 is 5.32. The lowest BCUT2D eigenvalue weighted by Crippen LogP contribution is -2.51. The van der Waals surface area contributed by atoms with E-state index in [-0.39, 0.29) is 30.6 Å². The molecule has 1 aromatic rings. The summed E-state index contributed by atoms with van der Waals surface area (Å²) >= 11 is 0. The summed E-state index contributed by atoms with van der Waals surface area (Å²) in [5.74, 6) is 1.66. The minimum atomic E-state index is 0. The Morgan fingerprint density at radius 2 is 2.29 bits per heavy atom. The largest absolute Gasteiger partial charge is 0.497 e. The fraction of sp³-hybridized carbons (Fsp3) is 0.588. The Kier molecular flexibility index (Phi) is 9.85. The molecule has 7 heteroatoms. The Morgan fingerprint density at radius 3 is 3.00 bits per heavy atom. The van der Waals surface area contributed by atoms with Crippen LogP contribution in [-0.2, 0) is 0 Å². The van der Waals surface area contributed by atoms with Crippen LogP contribution in [0, 0.1) is 0 Å². The zero-order valence-electron chi connectivity index (χ0n) is 14.5. The van der Waals surface area contributed by atoms with Crippen molar-refractivity contribution in [2.75, 3.05) is 44.8 Å². The van der Waals surface area contributed by atoms with E-state index in [0.29, 0.717) is 12.6 Å². The first-order valence-corrected chi connectivity index (χ1v) is 8.31.